The number of likely N-dealkylation sites (tertiary alicyclic amines) is 1. The summed E-state index contributed by atoms with van der Waals surface area (Å²) in [7, 11) is 0. The van der Waals surface area contributed by atoms with E-state index in [1.165, 1.54) is 11.3 Å². The molecule has 0 aliphatic carbocycles. The van der Waals surface area contributed by atoms with Gasteiger partial charge in [-0.2, -0.15) is 5.10 Å². The van der Waals surface area contributed by atoms with Crippen molar-refractivity contribution in [2.45, 2.75) is 51.0 Å². The molecule has 0 radical (unpaired) electrons. The van der Waals surface area contributed by atoms with Gasteiger partial charge in [-0.05, 0) is 42.9 Å². The Morgan fingerprint density at radius 2 is 2.14 bits per heavy atom. The Morgan fingerprint density at radius 3 is 2.89 bits per heavy atom. The highest BCUT2D eigenvalue weighted by atomic mass is 16.4. The molecule has 1 amide bonds. The number of carboxylic acid groups (broad SMARTS) is 1. The number of pyridine rings is 1. The van der Waals surface area contributed by atoms with E-state index in [1.54, 1.807) is 4.90 Å². The van der Waals surface area contributed by atoms with Crippen molar-refractivity contribution in [1.82, 2.24) is 24.6 Å². The minimum absolute atomic E-state index is 0.101. The highest BCUT2D eigenvalue weighted by Crippen LogP contribution is 2.43. The third-order valence-electron chi connectivity index (χ3n) is 6.45. The molecule has 28 heavy (non-hydrogen) atoms. The van der Waals surface area contributed by atoms with Crippen LogP contribution in [0.5, 0.6) is 0 Å². The van der Waals surface area contributed by atoms with Crippen LogP contribution >= 0.6 is 0 Å². The lowest BCUT2D eigenvalue weighted by Crippen LogP contribution is -2.38. The van der Waals surface area contributed by atoms with Crippen molar-refractivity contribution in [1.29, 1.82) is 0 Å². The fraction of sp³-hybridized carbons (Fsp3) is 0.476. The number of aromatic amines is 1. The van der Waals surface area contributed by atoms with Gasteiger partial charge in [-0.15, -0.1) is 0 Å². The summed E-state index contributed by atoms with van der Waals surface area (Å²) in [5.41, 5.74) is 5.18. The molecular formula is C21H25N5O2. The van der Waals surface area contributed by atoms with Crippen LogP contribution in [0.3, 0.4) is 0 Å². The van der Waals surface area contributed by atoms with Crippen molar-refractivity contribution in [2.24, 2.45) is 0 Å². The highest BCUT2D eigenvalue weighted by molar-refractivity contribution is 5.84. The molecule has 0 saturated carbocycles. The van der Waals surface area contributed by atoms with Crippen molar-refractivity contribution in [3.05, 3.63) is 35.8 Å². The van der Waals surface area contributed by atoms with Crippen LogP contribution in [0.2, 0.25) is 0 Å². The number of carbonyl (C=O) groups is 1. The summed E-state index contributed by atoms with van der Waals surface area (Å²) >= 11 is 0. The Morgan fingerprint density at radius 1 is 1.29 bits per heavy atom. The van der Waals surface area contributed by atoms with E-state index in [2.05, 4.69) is 40.6 Å². The molecule has 5 rings (SSSR count). The molecule has 2 N–H and O–H groups in total. The molecule has 1 fully saturated rings. The van der Waals surface area contributed by atoms with Gasteiger partial charge in [0.15, 0.2) is 0 Å². The van der Waals surface area contributed by atoms with E-state index < -0.39 is 6.09 Å². The second-order valence-corrected chi connectivity index (χ2v) is 8.49. The second-order valence-electron chi connectivity index (χ2n) is 8.49. The molecule has 2 aliphatic rings. The van der Waals surface area contributed by atoms with E-state index in [0.717, 1.165) is 48.1 Å². The number of H-pyrrole nitrogens is 1. The number of nitrogens with one attached hydrogen (secondary N) is 1. The lowest BCUT2D eigenvalue weighted by molar-refractivity contribution is 0.151. The zero-order valence-electron chi connectivity index (χ0n) is 16.3. The zero-order chi connectivity index (χ0) is 19.5. The van der Waals surface area contributed by atoms with Crippen molar-refractivity contribution in [3.8, 4) is 11.3 Å². The topological polar surface area (TPSA) is 87.0 Å². The molecule has 1 unspecified atom stereocenters. The summed E-state index contributed by atoms with van der Waals surface area (Å²) in [6.45, 7) is 6.43. The van der Waals surface area contributed by atoms with Crippen molar-refractivity contribution in [3.63, 3.8) is 0 Å². The first-order chi connectivity index (χ1) is 13.5. The summed E-state index contributed by atoms with van der Waals surface area (Å²) < 4.78 is 2.09. The average molecular weight is 379 g/mol. The first-order valence-corrected chi connectivity index (χ1v) is 10.0. The fourth-order valence-corrected chi connectivity index (χ4v) is 4.94. The number of hydrogen-bond acceptors (Lipinski definition) is 3. The van der Waals surface area contributed by atoms with Gasteiger partial charge in [-0.25, -0.2) is 9.78 Å². The SMILES string of the molecule is CC(C)c1c[nH]c2ncc(-c3cc4n(n3)CCCC43CCN(C(=O)O)C3)cc12. The number of aromatic nitrogens is 4. The van der Waals surface area contributed by atoms with Crippen LogP contribution in [0, 0.1) is 0 Å². The third-order valence-corrected chi connectivity index (χ3v) is 6.45. The van der Waals surface area contributed by atoms with Gasteiger partial charge in [-0.1, -0.05) is 13.8 Å². The van der Waals surface area contributed by atoms with Crippen LogP contribution in [-0.4, -0.2) is 48.9 Å². The minimum atomic E-state index is -0.822. The van der Waals surface area contributed by atoms with Crippen LogP contribution in [0.25, 0.3) is 22.3 Å². The number of nitrogens with zero attached hydrogens (tertiary/aromatic N) is 4. The predicted molar refractivity (Wildman–Crippen MR) is 107 cm³/mol. The Hall–Kier alpha value is -2.83. The van der Waals surface area contributed by atoms with Gasteiger partial charge >= 0.3 is 6.09 Å². The van der Waals surface area contributed by atoms with E-state index in [-0.39, 0.29) is 5.41 Å². The normalized spacial score (nSPS) is 21.8. The molecule has 5 heterocycles. The van der Waals surface area contributed by atoms with Crippen LogP contribution in [-0.2, 0) is 12.0 Å². The van der Waals surface area contributed by atoms with Gasteiger partial charge in [-0.3, -0.25) is 4.68 Å². The Labute approximate surface area is 163 Å². The molecule has 146 valence electrons. The van der Waals surface area contributed by atoms with Crippen LogP contribution < -0.4 is 0 Å². The molecule has 1 saturated heterocycles. The second kappa shape index (κ2) is 6.09. The number of amides is 1. The lowest BCUT2D eigenvalue weighted by Gasteiger charge is -2.33. The Kier molecular flexibility index (Phi) is 3.76. The monoisotopic (exact) mass is 379 g/mol. The number of aryl methyl sites for hydroxylation is 1. The van der Waals surface area contributed by atoms with Gasteiger partial charge in [0.25, 0.3) is 0 Å². The maximum Gasteiger partial charge on any atom is 0.407 e. The van der Waals surface area contributed by atoms with Gasteiger partial charge in [0, 0.05) is 54.1 Å². The Balaban J connectivity index is 1.56. The lowest BCUT2D eigenvalue weighted by atomic mass is 9.77. The average Bonchev–Trinajstić information content (AvgIpc) is 3.38. The van der Waals surface area contributed by atoms with Crippen LogP contribution in [0.4, 0.5) is 4.79 Å². The number of fused-ring (bicyclic) bond motifs is 3. The molecular weight excluding hydrogens is 354 g/mol. The first kappa shape index (κ1) is 17.3. The summed E-state index contributed by atoms with van der Waals surface area (Å²) in [4.78, 5) is 20.8. The third kappa shape index (κ3) is 2.52. The zero-order valence-corrected chi connectivity index (χ0v) is 16.3. The molecule has 1 spiro atoms. The van der Waals surface area contributed by atoms with Crippen molar-refractivity contribution >= 4 is 17.1 Å². The van der Waals surface area contributed by atoms with E-state index in [1.807, 2.05) is 12.4 Å². The molecule has 1 atom stereocenters. The smallest absolute Gasteiger partial charge is 0.407 e. The first-order valence-electron chi connectivity index (χ1n) is 10.0. The summed E-state index contributed by atoms with van der Waals surface area (Å²) in [6, 6.07) is 4.34. The van der Waals surface area contributed by atoms with Crippen molar-refractivity contribution < 1.29 is 9.90 Å². The number of rotatable bonds is 2. The van der Waals surface area contributed by atoms with Gasteiger partial charge in [0.05, 0.1) is 5.69 Å². The standard InChI is InChI=1S/C21H25N5O2/c1-13(2)16-11-23-19-15(16)8-14(10-22-19)17-9-18-21(4-3-6-26(18)24-17)5-7-25(12-21)20(27)28/h8-11,13H,3-7,12H2,1-2H3,(H,22,23)(H,27,28). The molecule has 7 nitrogen and oxygen atoms in total. The predicted octanol–water partition coefficient (Wildman–Crippen LogP) is 3.97. The Bertz CT molecular complexity index is 1070. The molecule has 7 heteroatoms. The summed E-state index contributed by atoms with van der Waals surface area (Å²) in [5.74, 6) is 0.421. The quantitative estimate of drug-likeness (QED) is 0.705. The maximum atomic E-state index is 11.4. The fourth-order valence-electron chi connectivity index (χ4n) is 4.94. The molecule has 2 aliphatic heterocycles. The van der Waals surface area contributed by atoms with Crippen LogP contribution in [0.15, 0.2) is 24.5 Å². The number of hydrogen-bond donors (Lipinski definition) is 2. The van der Waals surface area contributed by atoms with E-state index in [4.69, 9.17) is 5.10 Å². The maximum absolute atomic E-state index is 11.4. The van der Waals surface area contributed by atoms with E-state index in [9.17, 15) is 9.90 Å². The molecule has 0 bridgehead atoms. The summed E-state index contributed by atoms with van der Waals surface area (Å²) in [5, 5.41) is 15.4. The molecule has 3 aromatic heterocycles. The van der Waals surface area contributed by atoms with Gasteiger partial charge in [0.1, 0.15) is 5.65 Å². The molecule has 3 aromatic rings. The van der Waals surface area contributed by atoms with E-state index >= 15 is 0 Å². The van der Waals surface area contributed by atoms with Gasteiger partial charge in [0.2, 0.25) is 0 Å². The van der Waals surface area contributed by atoms with E-state index in [0.29, 0.717) is 19.0 Å². The summed E-state index contributed by atoms with van der Waals surface area (Å²) in [6.07, 6.45) is 6.03. The van der Waals surface area contributed by atoms with Crippen molar-refractivity contribution in [2.75, 3.05) is 13.1 Å². The highest BCUT2D eigenvalue weighted by Gasteiger charge is 2.45. The van der Waals surface area contributed by atoms with Crippen LogP contribution in [0.1, 0.15) is 50.3 Å². The largest absolute Gasteiger partial charge is 0.465 e. The minimum Gasteiger partial charge on any atom is -0.465 e. The molecule has 0 aromatic carbocycles. The van der Waals surface area contributed by atoms with Gasteiger partial charge < -0.3 is 15.0 Å².